The SMILES string of the molecule is C=Cc1scc(Cn2nc3c(c2-c2ccncc2)c(=O)n(C)c(=O)n3CC(C)C)c1/C=C\C. The highest BCUT2D eigenvalue weighted by molar-refractivity contribution is 7.11. The van der Waals surface area contributed by atoms with E-state index in [0.29, 0.717) is 29.8 Å². The lowest BCUT2D eigenvalue weighted by Gasteiger charge is -2.11. The van der Waals surface area contributed by atoms with Gasteiger partial charge in [-0.05, 0) is 41.5 Å². The second-order valence-electron chi connectivity index (χ2n) is 8.33. The van der Waals surface area contributed by atoms with E-state index in [2.05, 4.69) is 23.0 Å². The molecule has 0 unspecified atom stereocenters. The van der Waals surface area contributed by atoms with Gasteiger partial charge in [-0.3, -0.25) is 23.6 Å². The molecule has 0 radical (unpaired) electrons. The van der Waals surface area contributed by atoms with Gasteiger partial charge in [-0.15, -0.1) is 11.3 Å². The fourth-order valence-corrected chi connectivity index (χ4v) is 4.92. The van der Waals surface area contributed by atoms with Gasteiger partial charge in [0, 0.05) is 36.4 Å². The van der Waals surface area contributed by atoms with E-state index in [1.165, 1.54) is 11.6 Å². The maximum absolute atomic E-state index is 13.3. The molecule has 0 aromatic carbocycles. The summed E-state index contributed by atoms with van der Waals surface area (Å²) in [5.41, 5.74) is 3.38. The zero-order valence-corrected chi connectivity index (χ0v) is 20.1. The molecule has 0 saturated carbocycles. The van der Waals surface area contributed by atoms with Crippen molar-refractivity contribution in [2.24, 2.45) is 13.0 Å². The normalized spacial score (nSPS) is 11.8. The number of rotatable bonds is 7. The predicted octanol–water partition coefficient (Wildman–Crippen LogP) is 4.40. The first-order valence-corrected chi connectivity index (χ1v) is 11.7. The van der Waals surface area contributed by atoms with Crippen LogP contribution in [0.2, 0.25) is 0 Å². The van der Waals surface area contributed by atoms with Crippen LogP contribution in [0.5, 0.6) is 0 Å². The van der Waals surface area contributed by atoms with Crippen LogP contribution in [0.25, 0.3) is 34.4 Å². The molecule has 4 aromatic rings. The van der Waals surface area contributed by atoms with Crippen molar-refractivity contribution in [1.82, 2.24) is 23.9 Å². The van der Waals surface area contributed by atoms with Gasteiger partial charge in [0.05, 0.1) is 12.2 Å². The Morgan fingerprint density at radius 2 is 1.94 bits per heavy atom. The molecule has 33 heavy (non-hydrogen) atoms. The van der Waals surface area contributed by atoms with Crippen molar-refractivity contribution in [1.29, 1.82) is 0 Å². The van der Waals surface area contributed by atoms with Crippen molar-refractivity contribution in [2.75, 3.05) is 0 Å². The minimum atomic E-state index is -0.355. The van der Waals surface area contributed by atoms with Crippen LogP contribution >= 0.6 is 11.3 Å². The fourth-order valence-electron chi connectivity index (χ4n) is 4.03. The summed E-state index contributed by atoms with van der Waals surface area (Å²) in [6, 6.07) is 3.72. The highest BCUT2D eigenvalue weighted by Crippen LogP contribution is 2.30. The van der Waals surface area contributed by atoms with Crippen molar-refractivity contribution < 1.29 is 0 Å². The highest BCUT2D eigenvalue weighted by Gasteiger charge is 2.23. The van der Waals surface area contributed by atoms with Crippen molar-refractivity contribution in [3.63, 3.8) is 0 Å². The quantitative estimate of drug-likeness (QED) is 0.409. The summed E-state index contributed by atoms with van der Waals surface area (Å²) in [5, 5.41) is 7.37. The first-order chi connectivity index (χ1) is 15.9. The van der Waals surface area contributed by atoms with Gasteiger partial charge in [-0.2, -0.15) is 5.10 Å². The average Bonchev–Trinajstić information content (AvgIpc) is 3.37. The number of pyridine rings is 1. The molecule has 4 aromatic heterocycles. The molecule has 0 N–H and O–H groups in total. The molecular formula is C25H27N5O2S. The molecule has 0 amide bonds. The molecule has 4 rings (SSSR count). The molecule has 7 nitrogen and oxygen atoms in total. The molecule has 0 saturated heterocycles. The molecule has 0 aliphatic heterocycles. The maximum Gasteiger partial charge on any atom is 0.332 e. The van der Waals surface area contributed by atoms with E-state index >= 15 is 0 Å². The van der Waals surface area contributed by atoms with Gasteiger partial charge in [-0.1, -0.05) is 38.7 Å². The topological polar surface area (TPSA) is 74.7 Å². The molecule has 0 aliphatic carbocycles. The number of aromatic nitrogens is 5. The fraction of sp³-hybridized carbons (Fsp3) is 0.280. The van der Waals surface area contributed by atoms with E-state index < -0.39 is 0 Å². The van der Waals surface area contributed by atoms with Gasteiger partial charge >= 0.3 is 5.69 Å². The molecule has 8 heteroatoms. The lowest BCUT2D eigenvalue weighted by Crippen LogP contribution is -2.38. The monoisotopic (exact) mass is 461 g/mol. The number of thiophene rings is 1. The van der Waals surface area contributed by atoms with E-state index in [1.54, 1.807) is 28.3 Å². The first-order valence-electron chi connectivity index (χ1n) is 10.8. The standard InChI is InChI=1S/C25H27N5O2S/c1-6-8-19-18(15-33-20(19)7-2)14-30-22(17-9-11-26-12-10-17)21-23(27-30)29(13-16(3)4)25(32)28(5)24(21)31/h6-12,15-16H,2,13-14H2,1,3-5H3/b8-6-. The lowest BCUT2D eigenvalue weighted by atomic mass is 10.1. The van der Waals surface area contributed by atoms with Crippen LogP contribution in [0, 0.1) is 5.92 Å². The van der Waals surface area contributed by atoms with Crippen LogP contribution in [-0.2, 0) is 20.1 Å². The van der Waals surface area contributed by atoms with Gasteiger partial charge in [0.25, 0.3) is 5.56 Å². The molecule has 0 bridgehead atoms. The third kappa shape index (κ3) is 4.02. The molecule has 4 heterocycles. The van der Waals surface area contributed by atoms with Crippen LogP contribution in [0.15, 0.2) is 52.2 Å². The van der Waals surface area contributed by atoms with Crippen LogP contribution < -0.4 is 11.2 Å². The summed E-state index contributed by atoms with van der Waals surface area (Å²) >= 11 is 1.62. The van der Waals surface area contributed by atoms with Crippen molar-refractivity contribution in [3.8, 4) is 11.3 Å². The summed E-state index contributed by atoms with van der Waals surface area (Å²) < 4.78 is 4.62. The summed E-state index contributed by atoms with van der Waals surface area (Å²) in [4.78, 5) is 31.5. The third-order valence-electron chi connectivity index (χ3n) is 5.51. The predicted molar refractivity (Wildman–Crippen MR) is 136 cm³/mol. The van der Waals surface area contributed by atoms with Gasteiger partial charge in [0.15, 0.2) is 5.65 Å². The van der Waals surface area contributed by atoms with E-state index in [9.17, 15) is 9.59 Å². The highest BCUT2D eigenvalue weighted by atomic mass is 32.1. The van der Waals surface area contributed by atoms with Crippen LogP contribution in [0.3, 0.4) is 0 Å². The van der Waals surface area contributed by atoms with Crippen molar-refractivity contribution in [2.45, 2.75) is 33.9 Å². The first kappa shape index (κ1) is 22.7. The second kappa shape index (κ2) is 9.15. The summed E-state index contributed by atoms with van der Waals surface area (Å²) in [6.07, 6.45) is 9.30. The maximum atomic E-state index is 13.3. The molecule has 0 aliphatic rings. The Morgan fingerprint density at radius 1 is 1.21 bits per heavy atom. The Hall–Kier alpha value is -3.52. The van der Waals surface area contributed by atoms with Crippen molar-refractivity contribution >= 4 is 34.5 Å². The number of hydrogen-bond acceptors (Lipinski definition) is 5. The summed E-state index contributed by atoms with van der Waals surface area (Å²) in [6.45, 7) is 10.9. The van der Waals surface area contributed by atoms with Crippen molar-refractivity contribution in [3.05, 3.63) is 79.4 Å². The minimum absolute atomic E-state index is 0.214. The van der Waals surface area contributed by atoms with E-state index in [-0.39, 0.29) is 17.2 Å². The summed E-state index contributed by atoms with van der Waals surface area (Å²) in [5.74, 6) is 0.214. The number of nitrogens with zero attached hydrogens (tertiary/aromatic N) is 5. The Balaban J connectivity index is 2.06. The zero-order valence-electron chi connectivity index (χ0n) is 19.3. The van der Waals surface area contributed by atoms with Gasteiger partial charge in [0.2, 0.25) is 0 Å². The molecule has 0 atom stereocenters. The lowest BCUT2D eigenvalue weighted by molar-refractivity contribution is 0.498. The van der Waals surface area contributed by atoms with Gasteiger partial charge in [0.1, 0.15) is 5.39 Å². The van der Waals surface area contributed by atoms with E-state index in [4.69, 9.17) is 5.10 Å². The van der Waals surface area contributed by atoms with E-state index in [1.807, 2.05) is 49.7 Å². The number of allylic oxidation sites excluding steroid dienone is 1. The van der Waals surface area contributed by atoms with Crippen LogP contribution in [0.1, 0.15) is 36.8 Å². The summed E-state index contributed by atoms with van der Waals surface area (Å²) in [7, 11) is 1.52. The zero-order chi connectivity index (χ0) is 23.7. The van der Waals surface area contributed by atoms with Crippen LogP contribution in [-0.4, -0.2) is 23.9 Å². The number of hydrogen-bond donors (Lipinski definition) is 0. The molecule has 0 spiro atoms. The Morgan fingerprint density at radius 3 is 2.58 bits per heavy atom. The largest absolute Gasteiger partial charge is 0.332 e. The Labute approximate surface area is 196 Å². The minimum Gasteiger partial charge on any atom is -0.276 e. The van der Waals surface area contributed by atoms with Gasteiger partial charge < -0.3 is 0 Å². The van der Waals surface area contributed by atoms with Gasteiger partial charge in [-0.25, -0.2) is 4.79 Å². The molecule has 0 fully saturated rings. The third-order valence-corrected chi connectivity index (χ3v) is 6.55. The smallest absolute Gasteiger partial charge is 0.276 e. The molecule has 170 valence electrons. The average molecular weight is 462 g/mol. The van der Waals surface area contributed by atoms with E-state index in [0.717, 1.165) is 21.6 Å². The van der Waals surface area contributed by atoms with Crippen LogP contribution in [0.4, 0.5) is 0 Å². The Kier molecular flexibility index (Phi) is 6.29. The second-order valence-corrected chi connectivity index (χ2v) is 9.25. The number of fused-ring (bicyclic) bond motifs is 1. The molecular weight excluding hydrogens is 434 g/mol. The Bertz CT molecular complexity index is 1470.